The number of hydrogen-bond acceptors (Lipinski definition) is 4. The Balaban J connectivity index is 1.90. The first-order valence-corrected chi connectivity index (χ1v) is 6.77. The number of thiophene rings is 1. The molecule has 2 N–H and O–H groups in total. The largest absolute Gasteiger partial charge is 0.477 e. The number of anilines is 1. The predicted octanol–water partition coefficient (Wildman–Crippen LogP) is 2.34. The molecule has 2 heterocycles. The quantitative estimate of drug-likeness (QED) is 0.879. The third kappa shape index (κ3) is 3.30. The third-order valence-electron chi connectivity index (χ3n) is 2.82. The average molecular weight is 269 g/mol. The van der Waals surface area contributed by atoms with Crippen LogP contribution in [0.25, 0.3) is 0 Å². The lowest BCUT2D eigenvalue weighted by Crippen LogP contribution is -2.25. The maximum Gasteiger partial charge on any atom is 0.348 e. The molecule has 5 nitrogen and oxygen atoms in total. The standard InChI is InChI=1S/C12H15NO4S/c14-10(7-8-3-1-2-5-17-8)13-9-4-6-18-11(9)12(15)16/h4,6,8H,1-3,5,7H2,(H,13,14)(H,15,16). The lowest BCUT2D eigenvalue weighted by Gasteiger charge is -2.21. The van der Waals surface area contributed by atoms with Crippen LogP contribution < -0.4 is 5.32 Å². The number of carbonyl (C=O) groups is 2. The fourth-order valence-electron chi connectivity index (χ4n) is 1.95. The predicted molar refractivity (Wildman–Crippen MR) is 68.1 cm³/mol. The fourth-order valence-corrected chi connectivity index (χ4v) is 2.64. The Kier molecular flexibility index (Phi) is 4.33. The topological polar surface area (TPSA) is 75.6 Å². The minimum Gasteiger partial charge on any atom is -0.477 e. The molecular formula is C12H15NO4S. The molecule has 0 saturated carbocycles. The summed E-state index contributed by atoms with van der Waals surface area (Å²) in [6.45, 7) is 0.705. The second-order valence-corrected chi connectivity index (χ2v) is 5.13. The van der Waals surface area contributed by atoms with Crippen LogP contribution in [0, 0.1) is 0 Å². The van der Waals surface area contributed by atoms with Crippen LogP contribution >= 0.6 is 11.3 Å². The lowest BCUT2D eigenvalue weighted by molar-refractivity contribution is -0.119. The van der Waals surface area contributed by atoms with Gasteiger partial charge in [0.1, 0.15) is 4.88 Å². The van der Waals surface area contributed by atoms with Crippen LogP contribution in [0.3, 0.4) is 0 Å². The van der Waals surface area contributed by atoms with E-state index in [1.165, 1.54) is 0 Å². The van der Waals surface area contributed by atoms with Crippen molar-refractivity contribution in [3.63, 3.8) is 0 Å². The second-order valence-electron chi connectivity index (χ2n) is 4.21. The molecule has 1 saturated heterocycles. The van der Waals surface area contributed by atoms with Gasteiger partial charge >= 0.3 is 5.97 Å². The summed E-state index contributed by atoms with van der Waals surface area (Å²) in [7, 11) is 0. The number of amides is 1. The van der Waals surface area contributed by atoms with E-state index < -0.39 is 5.97 Å². The minimum absolute atomic E-state index is 0.0364. The molecule has 2 rings (SSSR count). The number of hydrogen-bond donors (Lipinski definition) is 2. The van der Waals surface area contributed by atoms with Crippen molar-refractivity contribution in [1.82, 2.24) is 0 Å². The van der Waals surface area contributed by atoms with Crippen LogP contribution in [0.15, 0.2) is 11.4 Å². The number of carboxylic acids is 1. The zero-order chi connectivity index (χ0) is 13.0. The van der Waals surface area contributed by atoms with Gasteiger partial charge in [0.15, 0.2) is 0 Å². The molecule has 1 aliphatic rings. The Bertz CT molecular complexity index is 437. The molecule has 18 heavy (non-hydrogen) atoms. The molecule has 0 spiro atoms. The average Bonchev–Trinajstić information content (AvgIpc) is 2.78. The van der Waals surface area contributed by atoms with Crippen molar-refractivity contribution < 1.29 is 19.4 Å². The van der Waals surface area contributed by atoms with E-state index in [0.717, 1.165) is 30.6 Å². The molecule has 1 aliphatic heterocycles. The van der Waals surface area contributed by atoms with Gasteiger partial charge in [-0.1, -0.05) is 0 Å². The molecule has 1 unspecified atom stereocenters. The Hall–Kier alpha value is -1.40. The first kappa shape index (κ1) is 13.0. The fraction of sp³-hybridized carbons (Fsp3) is 0.500. The zero-order valence-electron chi connectivity index (χ0n) is 9.85. The van der Waals surface area contributed by atoms with Crippen molar-refractivity contribution in [3.8, 4) is 0 Å². The molecule has 98 valence electrons. The smallest absolute Gasteiger partial charge is 0.348 e. The molecule has 0 aromatic carbocycles. The zero-order valence-corrected chi connectivity index (χ0v) is 10.7. The summed E-state index contributed by atoms with van der Waals surface area (Å²) in [4.78, 5) is 22.8. The van der Waals surface area contributed by atoms with Crippen molar-refractivity contribution in [2.24, 2.45) is 0 Å². The van der Waals surface area contributed by atoms with Gasteiger partial charge in [-0.3, -0.25) is 4.79 Å². The van der Waals surface area contributed by atoms with E-state index in [9.17, 15) is 9.59 Å². The Labute approximate surface area is 109 Å². The highest BCUT2D eigenvalue weighted by Gasteiger charge is 2.19. The first-order valence-electron chi connectivity index (χ1n) is 5.89. The van der Waals surface area contributed by atoms with Crippen molar-refractivity contribution in [1.29, 1.82) is 0 Å². The molecule has 1 atom stereocenters. The summed E-state index contributed by atoms with van der Waals surface area (Å²) in [5, 5.41) is 13.2. The molecule has 1 aromatic heterocycles. The summed E-state index contributed by atoms with van der Waals surface area (Å²) in [6.07, 6.45) is 3.27. The summed E-state index contributed by atoms with van der Waals surface area (Å²) in [5.74, 6) is -1.21. The first-order chi connectivity index (χ1) is 8.66. The highest BCUT2D eigenvalue weighted by Crippen LogP contribution is 2.23. The third-order valence-corrected chi connectivity index (χ3v) is 3.72. The second kappa shape index (κ2) is 5.97. The van der Waals surface area contributed by atoms with Crippen molar-refractivity contribution >= 4 is 28.9 Å². The number of nitrogens with one attached hydrogen (secondary N) is 1. The summed E-state index contributed by atoms with van der Waals surface area (Å²) < 4.78 is 5.47. The SMILES string of the molecule is O=C(CC1CCCCO1)Nc1ccsc1C(=O)O. The molecule has 6 heteroatoms. The van der Waals surface area contributed by atoms with E-state index in [4.69, 9.17) is 9.84 Å². The van der Waals surface area contributed by atoms with Crippen LogP contribution in [-0.4, -0.2) is 29.7 Å². The molecule has 1 aromatic rings. The van der Waals surface area contributed by atoms with Gasteiger partial charge in [0.2, 0.25) is 5.91 Å². The van der Waals surface area contributed by atoms with Gasteiger partial charge in [0.25, 0.3) is 0 Å². The number of carbonyl (C=O) groups excluding carboxylic acids is 1. The Morgan fingerprint density at radius 3 is 3.00 bits per heavy atom. The van der Waals surface area contributed by atoms with Gasteiger partial charge in [-0.05, 0) is 30.7 Å². The highest BCUT2D eigenvalue weighted by molar-refractivity contribution is 7.12. The molecular weight excluding hydrogens is 254 g/mol. The number of aromatic carboxylic acids is 1. The van der Waals surface area contributed by atoms with E-state index in [2.05, 4.69) is 5.32 Å². The van der Waals surface area contributed by atoms with E-state index in [1.54, 1.807) is 11.4 Å². The molecule has 0 radical (unpaired) electrons. The Morgan fingerprint density at radius 1 is 1.50 bits per heavy atom. The van der Waals surface area contributed by atoms with Gasteiger partial charge in [-0.15, -0.1) is 11.3 Å². The van der Waals surface area contributed by atoms with Gasteiger partial charge in [-0.25, -0.2) is 4.79 Å². The number of carboxylic acid groups (broad SMARTS) is 1. The van der Waals surface area contributed by atoms with Gasteiger partial charge < -0.3 is 15.2 Å². The van der Waals surface area contributed by atoms with Gasteiger partial charge in [0.05, 0.1) is 18.2 Å². The highest BCUT2D eigenvalue weighted by atomic mass is 32.1. The monoisotopic (exact) mass is 269 g/mol. The maximum absolute atomic E-state index is 11.8. The van der Waals surface area contributed by atoms with Crippen LogP contribution in [0.1, 0.15) is 35.4 Å². The van der Waals surface area contributed by atoms with Crippen LogP contribution in [-0.2, 0) is 9.53 Å². The van der Waals surface area contributed by atoms with E-state index in [-0.39, 0.29) is 23.3 Å². The summed E-state index contributed by atoms with van der Waals surface area (Å²) >= 11 is 1.10. The maximum atomic E-state index is 11.8. The summed E-state index contributed by atoms with van der Waals surface area (Å²) in [6, 6.07) is 1.60. The van der Waals surface area contributed by atoms with Crippen LogP contribution in [0.2, 0.25) is 0 Å². The normalized spacial score (nSPS) is 19.4. The summed E-state index contributed by atoms with van der Waals surface area (Å²) in [5.41, 5.74) is 0.369. The molecule has 1 fully saturated rings. The number of ether oxygens (including phenoxy) is 1. The van der Waals surface area contributed by atoms with Crippen LogP contribution in [0.4, 0.5) is 5.69 Å². The molecule has 0 aliphatic carbocycles. The Morgan fingerprint density at radius 2 is 2.33 bits per heavy atom. The minimum atomic E-state index is -1.02. The van der Waals surface area contributed by atoms with Crippen molar-refractivity contribution in [2.45, 2.75) is 31.8 Å². The van der Waals surface area contributed by atoms with E-state index in [1.807, 2.05) is 0 Å². The molecule has 0 bridgehead atoms. The van der Waals surface area contributed by atoms with Crippen LogP contribution in [0.5, 0.6) is 0 Å². The van der Waals surface area contributed by atoms with Crippen molar-refractivity contribution in [2.75, 3.05) is 11.9 Å². The lowest BCUT2D eigenvalue weighted by atomic mass is 10.1. The van der Waals surface area contributed by atoms with Crippen molar-refractivity contribution in [3.05, 3.63) is 16.3 Å². The van der Waals surface area contributed by atoms with Gasteiger partial charge in [-0.2, -0.15) is 0 Å². The van der Waals surface area contributed by atoms with Gasteiger partial charge in [0, 0.05) is 6.61 Å². The van der Waals surface area contributed by atoms with E-state index >= 15 is 0 Å². The molecule has 1 amide bonds. The van der Waals surface area contributed by atoms with E-state index in [0.29, 0.717) is 12.3 Å². The number of rotatable bonds is 4.